The summed E-state index contributed by atoms with van der Waals surface area (Å²) in [7, 11) is 0. The van der Waals surface area contributed by atoms with Crippen LogP contribution in [0.2, 0.25) is 0 Å². The highest BCUT2D eigenvalue weighted by molar-refractivity contribution is 7.84. The SMILES string of the molecule is C=C/C=C(\S)CNCC. The zero-order valence-corrected chi connectivity index (χ0v) is 6.62. The van der Waals surface area contributed by atoms with Gasteiger partial charge in [-0.25, -0.2) is 0 Å². The summed E-state index contributed by atoms with van der Waals surface area (Å²) in [5, 5.41) is 3.14. The van der Waals surface area contributed by atoms with Crippen LogP contribution in [0.5, 0.6) is 0 Å². The lowest BCUT2D eigenvalue weighted by atomic mass is 10.4. The average molecular weight is 143 g/mol. The number of rotatable bonds is 4. The Labute approximate surface area is 62.3 Å². The van der Waals surface area contributed by atoms with Crippen molar-refractivity contribution >= 4 is 12.6 Å². The first-order valence-electron chi connectivity index (χ1n) is 3.02. The summed E-state index contributed by atoms with van der Waals surface area (Å²) in [5.41, 5.74) is 0. The van der Waals surface area contributed by atoms with E-state index in [9.17, 15) is 0 Å². The van der Waals surface area contributed by atoms with E-state index in [0.717, 1.165) is 18.0 Å². The summed E-state index contributed by atoms with van der Waals surface area (Å²) in [6.07, 6.45) is 3.62. The maximum atomic E-state index is 4.17. The number of hydrogen-bond acceptors (Lipinski definition) is 2. The standard InChI is InChI=1S/C7H13NS/c1-3-5-7(9)6-8-4-2/h3,5,8-9H,1,4,6H2,2H3/b7-5-. The minimum absolute atomic E-state index is 0.839. The summed E-state index contributed by atoms with van der Waals surface area (Å²) in [6.45, 7) is 7.44. The van der Waals surface area contributed by atoms with Crippen molar-refractivity contribution < 1.29 is 0 Å². The third-order valence-corrected chi connectivity index (χ3v) is 1.17. The smallest absolute Gasteiger partial charge is 0.0262 e. The molecule has 0 rings (SSSR count). The van der Waals surface area contributed by atoms with Crippen molar-refractivity contribution in [3.63, 3.8) is 0 Å². The fourth-order valence-corrected chi connectivity index (χ4v) is 0.665. The van der Waals surface area contributed by atoms with E-state index < -0.39 is 0 Å². The van der Waals surface area contributed by atoms with Gasteiger partial charge in [-0.2, -0.15) is 0 Å². The van der Waals surface area contributed by atoms with Gasteiger partial charge in [0.25, 0.3) is 0 Å². The first-order valence-corrected chi connectivity index (χ1v) is 3.47. The predicted molar refractivity (Wildman–Crippen MR) is 45.8 cm³/mol. The van der Waals surface area contributed by atoms with Gasteiger partial charge in [-0.3, -0.25) is 0 Å². The fourth-order valence-electron chi connectivity index (χ4n) is 0.448. The molecule has 9 heavy (non-hydrogen) atoms. The Morgan fingerprint density at radius 2 is 2.44 bits per heavy atom. The lowest BCUT2D eigenvalue weighted by Gasteiger charge is -1.97. The zero-order chi connectivity index (χ0) is 7.11. The highest BCUT2D eigenvalue weighted by atomic mass is 32.1. The van der Waals surface area contributed by atoms with E-state index in [2.05, 4.69) is 31.4 Å². The Morgan fingerprint density at radius 1 is 1.78 bits per heavy atom. The van der Waals surface area contributed by atoms with Gasteiger partial charge in [0.1, 0.15) is 0 Å². The molecule has 0 aliphatic carbocycles. The Hall–Kier alpha value is -0.210. The highest BCUT2D eigenvalue weighted by Gasteiger charge is 1.83. The van der Waals surface area contributed by atoms with Crippen LogP contribution in [0.3, 0.4) is 0 Å². The molecule has 1 nitrogen and oxygen atoms in total. The number of thiol groups is 1. The van der Waals surface area contributed by atoms with E-state index in [1.807, 2.05) is 6.08 Å². The molecule has 0 aromatic carbocycles. The van der Waals surface area contributed by atoms with Crippen molar-refractivity contribution in [2.75, 3.05) is 13.1 Å². The molecule has 2 heteroatoms. The average Bonchev–Trinajstić information content (AvgIpc) is 1.85. The monoisotopic (exact) mass is 143 g/mol. The lowest BCUT2D eigenvalue weighted by molar-refractivity contribution is 0.795. The van der Waals surface area contributed by atoms with Gasteiger partial charge < -0.3 is 5.32 Å². The van der Waals surface area contributed by atoms with Crippen LogP contribution < -0.4 is 5.32 Å². The molecule has 0 atom stereocenters. The van der Waals surface area contributed by atoms with Crippen molar-refractivity contribution in [2.45, 2.75) is 6.92 Å². The summed E-state index contributed by atoms with van der Waals surface area (Å²) < 4.78 is 0. The number of nitrogens with one attached hydrogen (secondary N) is 1. The van der Waals surface area contributed by atoms with Gasteiger partial charge in [-0.15, -0.1) is 12.6 Å². The van der Waals surface area contributed by atoms with Gasteiger partial charge >= 0.3 is 0 Å². The molecular weight excluding hydrogens is 130 g/mol. The number of allylic oxidation sites excluding steroid dienone is 2. The molecule has 1 N–H and O–H groups in total. The second-order valence-corrected chi connectivity index (χ2v) is 2.25. The zero-order valence-electron chi connectivity index (χ0n) is 5.72. The third-order valence-electron chi connectivity index (χ3n) is 0.866. The van der Waals surface area contributed by atoms with Crippen molar-refractivity contribution in [3.05, 3.63) is 23.6 Å². The van der Waals surface area contributed by atoms with Gasteiger partial charge in [-0.1, -0.05) is 25.7 Å². The van der Waals surface area contributed by atoms with Crippen LogP contribution in [0.25, 0.3) is 0 Å². The molecule has 0 aliphatic rings. The van der Waals surface area contributed by atoms with E-state index in [0.29, 0.717) is 0 Å². The molecule has 52 valence electrons. The van der Waals surface area contributed by atoms with Crippen LogP contribution in [-0.4, -0.2) is 13.1 Å². The maximum absolute atomic E-state index is 4.17. The minimum Gasteiger partial charge on any atom is -0.312 e. The van der Waals surface area contributed by atoms with Crippen LogP contribution in [-0.2, 0) is 0 Å². The normalized spacial score (nSPS) is 11.6. The highest BCUT2D eigenvalue weighted by Crippen LogP contribution is 1.96. The van der Waals surface area contributed by atoms with E-state index in [-0.39, 0.29) is 0 Å². The van der Waals surface area contributed by atoms with Gasteiger partial charge in [0.05, 0.1) is 0 Å². The summed E-state index contributed by atoms with van der Waals surface area (Å²) in [4.78, 5) is 1.02. The first kappa shape index (κ1) is 8.79. The molecule has 0 heterocycles. The molecule has 0 bridgehead atoms. The minimum atomic E-state index is 0.839. The molecule has 0 saturated carbocycles. The predicted octanol–water partition coefficient (Wildman–Crippen LogP) is 1.60. The molecule has 0 aromatic rings. The fraction of sp³-hybridized carbons (Fsp3) is 0.429. The summed E-state index contributed by atoms with van der Waals surface area (Å²) in [6, 6.07) is 0. The molecule has 0 amide bonds. The third kappa shape index (κ3) is 5.66. The Morgan fingerprint density at radius 3 is 2.89 bits per heavy atom. The largest absolute Gasteiger partial charge is 0.312 e. The Balaban J connectivity index is 3.36. The maximum Gasteiger partial charge on any atom is 0.0262 e. The number of likely N-dealkylation sites (N-methyl/N-ethyl adjacent to an activating group) is 1. The second kappa shape index (κ2) is 5.92. The summed E-state index contributed by atoms with van der Waals surface area (Å²) in [5.74, 6) is 0. The van der Waals surface area contributed by atoms with Crippen LogP contribution >= 0.6 is 12.6 Å². The molecule has 0 unspecified atom stereocenters. The second-order valence-electron chi connectivity index (χ2n) is 1.67. The Kier molecular flexibility index (Phi) is 5.78. The molecule has 0 spiro atoms. The molecular formula is C7H13NS. The van der Waals surface area contributed by atoms with Crippen LogP contribution in [0, 0.1) is 0 Å². The van der Waals surface area contributed by atoms with Crippen molar-refractivity contribution in [2.24, 2.45) is 0 Å². The Bertz CT molecular complexity index is 107. The first-order chi connectivity index (χ1) is 4.31. The number of hydrogen-bond donors (Lipinski definition) is 2. The topological polar surface area (TPSA) is 12.0 Å². The van der Waals surface area contributed by atoms with Crippen LogP contribution in [0.1, 0.15) is 6.92 Å². The lowest BCUT2D eigenvalue weighted by Crippen LogP contribution is -2.13. The van der Waals surface area contributed by atoms with Gasteiger partial charge in [-0.05, 0) is 11.4 Å². The van der Waals surface area contributed by atoms with Crippen LogP contribution in [0.4, 0.5) is 0 Å². The summed E-state index contributed by atoms with van der Waals surface area (Å²) >= 11 is 4.17. The van der Waals surface area contributed by atoms with Crippen molar-refractivity contribution in [1.82, 2.24) is 5.32 Å². The van der Waals surface area contributed by atoms with Gasteiger partial charge in [0.15, 0.2) is 0 Å². The van der Waals surface area contributed by atoms with Crippen LogP contribution in [0.15, 0.2) is 23.6 Å². The van der Waals surface area contributed by atoms with Gasteiger partial charge in [0, 0.05) is 6.54 Å². The molecule has 0 radical (unpaired) electrons. The quantitative estimate of drug-likeness (QED) is 0.450. The van der Waals surface area contributed by atoms with Gasteiger partial charge in [0.2, 0.25) is 0 Å². The van der Waals surface area contributed by atoms with E-state index in [4.69, 9.17) is 0 Å². The molecule has 0 aromatic heterocycles. The van der Waals surface area contributed by atoms with Crippen molar-refractivity contribution in [3.8, 4) is 0 Å². The van der Waals surface area contributed by atoms with Crippen molar-refractivity contribution in [1.29, 1.82) is 0 Å². The van der Waals surface area contributed by atoms with E-state index >= 15 is 0 Å². The molecule has 0 fully saturated rings. The molecule has 0 saturated heterocycles. The van der Waals surface area contributed by atoms with E-state index in [1.165, 1.54) is 0 Å². The molecule has 0 aliphatic heterocycles. The van der Waals surface area contributed by atoms with E-state index in [1.54, 1.807) is 6.08 Å².